The molecule has 0 aliphatic rings. The van der Waals surface area contributed by atoms with Crippen molar-refractivity contribution in [3.63, 3.8) is 0 Å². The summed E-state index contributed by atoms with van der Waals surface area (Å²) in [5, 5.41) is 3.91. The molecule has 0 aromatic heterocycles. The van der Waals surface area contributed by atoms with Crippen LogP contribution in [0.5, 0.6) is 11.5 Å². The average molecular weight is 480 g/mol. The molecular weight excluding hydrogens is 464 g/mol. The third-order valence-corrected chi connectivity index (χ3v) is 5.18. The van der Waals surface area contributed by atoms with E-state index in [2.05, 4.69) is 27.9 Å². The number of carbonyl (C=O) groups is 1. The van der Waals surface area contributed by atoms with Crippen LogP contribution in [-0.4, -0.2) is 26.7 Å². The van der Waals surface area contributed by atoms with Gasteiger partial charge in [0.05, 0.1) is 29.8 Å². The Hall–Kier alpha value is -1.18. The number of nitrogens with one attached hydrogen (secondary N) is 1. The lowest BCUT2D eigenvalue weighted by Crippen LogP contribution is -2.26. The number of carbonyl (C=O) groups excluding carboxylic acids is 1. The van der Waals surface area contributed by atoms with Gasteiger partial charge in [0.2, 0.25) is 0 Å². The van der Waals surface area contributed by atoms with E-state index in [4.69, 9.17) is 32.7 Å². The number of rotatable bonds is 6. The van der Waals surface area contributed by atoms with Gasteiger partial charge < -0.3 is 14.8 Å². The average Bonchev–Trinajstić information content (AvgIpc) is 2.58. The lowest BCUT2D eigenvalue weighted by atomic mass is 10.1. The van der Waals surface area contributed by atoms with Crippen LogP contribution < -0.4 is 14.8 Å². The fourth-order valence-corrected chi connectivity index (χ4v) is 3.27. The van der Waals surface area contributed by atoms with Crippen LogP contribution in [0.3, 0.4) is 0 Å². The molecule has 0 spiro atoms. The summed E-state index contributed by atoms with van der Waals surface area (Å²) >= 11 is 14.2. The third kappa shape index (κ3) is 4.46. The highest BCUT2D eigenvalue weighted by molar-refractivity contribution is 14.1. The molecule has 0 aliphatic carbocycles. The Morgan fingerprint density at radius 3 is 2.50 bits per heavy atom. The third-order valence-electron chi connectivity index (χ3n) is 3.43. The highest BCUT2D eigenvalue weighted by Gasteiger charge is 2.15. The standard InChI is InChI=1S/C17H16Cl2INO3/c1-23-14-8-11(13(20)9-15(14)24-2)17(22)21-7-6-10-4-3-5-12(18)16(10)19/h3-5,8-9H,6-7H2,1-2H3,(H,21,22). The van der Waals surface area contributed by atoms with Crippen molar-refractivity contribution in [2.45, 2.75) is 6.42 Å². The first-order valence-electron chi connectivity index (χ1n) is 7.10. The number of ether oxygens (including phenoxy) is 2. The molecule has 0 heterocycles. The van der Waals surface area contributed by atoms with E-state index in [1.165, 1.54) is 7.11 Å². The Morgan fingerprint density at radius 2 is 1.83 bits per heavy atom. The zero-order chi connectivity index (χ0) is 17.7. The molecule has 1 amide bonds. The predicted molar refractivity (Wildman–Crippen MR) is 105 cm³/mol. The van der Waals surface area contributed by atoms with Gasteiger partial charge in [0.15, 0.2) is 11.5 Å². The summed E-state index contributed by atoms with van der Waals surface area (Å²) in [4.78, 5) is 12.4. The molecule has 4 nitrogen and oxygen atoms in total. The summed E-state index contributed by atoms with van der Waals surface area (Å²) in [5.41, 5.74) is 1.43. The van der Waals surface area contributed by atoms with Crippen LogP contribution >= 0.6 is 45.8 Å². The van der Waals surface area contributed by atoms with Gasteiger partial charge in [-0.1, -0.05) is 35.3 Å². The van der Waals surface area contributed by atoms with Gasteiger partial charge in [0.25, 0.3) is 5.91 Å². The van der Waals surface area contributed by atoms with Crippen LogP contribution in [0.4, 0.5) is 0 Å². The number of amides is 1. The van der Waals surface area contributed by atoms with Crippen LogP contribution in [0.15, 0.2) is 30.3 Å². The van der Waals surface area contributed by atoms with Gasteiger partial charge in [-0.25, -0.2) is 0 Å². The van der Waals surface area contributed by atoms with Gasteiger partial charge in [-0.2, -0.15) is 0 Å². The molecule has 2 rings (SSSR count). The maximum atomic E-state index is 12.4. The minimum Gasteiger partial charge on any atom is -0.493 e. The summed E-state index contributed by atoms with van der Waals surface area (Å²) in [6, 6.07) is 8.89. The Labute approximate surface area is 164 Å². The molecular formula is C17H16Cl2INO3. The molecule has 0 atom stereocenters. The Kier molecular flexibility index (Phi) is 7.01. The second-order valence-electron chi connectivity index (χ2n) is 4.91. The van der Waals surface area contributed by atoms with Crippen LogP contribution in [-0.2, 0) is 6.42 Å². The minimum absolute atomic E-state index is 0.182. The molecule has 0 fully saturated rings. The van der Waals surface area contributed by atoms with Gasteiger partial charge in [-0.15, -0.1) is 0 Å². The fourth-order valence-electron chi connectivity index (χ4n) is 2.18. The molecule has 0 saturated carbocycles. The summed E-state index contributed by atoms with van der Waals surface area (Å²) < 4.78 is 11.3. The van der Waals surface area contributed by atoms with Crippen molar-refractivity contribution in [1.29, 1.82) is 0 Å². The monoisotopic (exact) mass is 479 g/mol. The van der Waals surface area contributed by atoms with E-state index in [9.17, 15) is 4.79 Å². The zero-order valence-corrected chi connectivity index (χ0v) is 16.8. The highest BCUT2D eigenvalue weighted by atomic mass is 127. The van der Waals surface area contributed by atoms with E-state index >= 15 is 0 Å². The normalized spacial score (nSPS) is 10.4. The molecule has 1 N–H and O–H groups in total. The van der Waals surface area contributed by atoms with Crippen molar-refractivity contribution in [2.24, 2.45) is 0 Å². The van der Waals surface area contributed by atoms with E-state index in [0.717, 1.165) is 9.13 Å². The molecule has 2 aromatic rings. The SMILES string of the molecule is COc1cc(I)c(C(=O)NCCc2cccc(Cl)c2Cl)cc1OC. The van der Waals surface area contributed by atoms with Crippen molar-refractivity contribution < 1.29 is 14.3 Å². The second kappa shape index (κ2) is 8.78. The molecule has 7 heteroatoms. The van der Waals surface area contributed by atoms with Crippen molar-refractivity contribution >= 4 is 51.7 Å². The lowest BCUT2D eigenvalue weighted by Gasteiger charge is -2.12. The lowest BCUT2D eigenvalue weighted by molar-refractivity contribution is 0.0953. The summed E-state index contributed by atoms with van der Waals surface area (Å²) in [6.45, 7) is 0.448. The zero-order valence-electron chi connectivity index (χ0n) is 13.2. The highest BCUT2D eigenvalue weighted by Crippen LogP contribution is 2.31. The van der Waals surface area contributed by atoms with E-state index < -0.39 is 0 Å². The number of benzene rings is 2. The van der Waals surface area contributed by atoms with E-state index in [1.807, 2.05) is 12.1 Å². The van der Waals surface area contributed by atoms with Crippen molar-refractivity contribution in [2.75, 3.05) is 20.8 Å². The van der Waals surface area contributed by atoms with Crippen molar-refractivity contribution in [1.82, 2.24) is 5.32 Å². The van der Waals surface area contributed by atoms with Crippen LogP contribution in [0.2, 0.25) is 10.0 Å². The number of halogens is 3. The largest absolute Gasteiger partial charge is 0.493 e. The number of methoxy groups -OCH3 is 2. The maximum Gasteiger partial charge on any atom is 0.252 e. The summed E-state index contributed by atoms with van der Waals surface area (Å²) in [5.74, 6) is 0.920. The van der Waals surface area contributed by atoms with Gasteiger partial charge in [0, 0.05) is 10.1 Å². The summed E-state index contributed by atoms with van der Waals surface area (Å²) in [7, 11) is 3.09. The molecule has 0 radical (unpaired) electrons. The molecule has 2 aromatic carbocycles. The fraction of sp³-hybridized carbons (Fsp3) is 0.235. The topological polar surface area (TPSA) is 47.6 Å². The van der Waals surface area contributed by atoms with Crippen LogP contribution in [0.25, 0.3) is 0 Å². The summed E-state index contributed by atoms with van der Waals surface area (Å²) in [6.07, 6.45) is 0.592. The minimum atomic E-state index is -0.182. The Bertz CT molecular complexity index is 753. The smallest absolute Gasteiger partial charge is 0.252 e. The molecule has 24 heavy (non-hydrogen) atoms. The molecule has 0 aliphatic heterocycles. The molecule has 128 valence electrons. The van der Waals surface area contributed by atoms with Crippen molar-refractivity contribution in [3.05, 3.63) is 55.1 Å². The van der Waals surface area contributed by atoms with Crippen molar-refractivity contribution in [3.8, 4) is 11.5 Å². The van der Waals surface area contributed by atoms with E-state index in [-0.39, 0.29) is 5.91 Å². The van der Waals surface area contributed by atoms with Gasteiger partial charge in [0.1, 0.15) is 0 Å². The van der Waals surface area contributed by atoms with Crippen LogP contribution in [0.1, 0.15) is 15.9 Å². The van der Waals surface area contributed by atoms with Gasteiger partial charge in [-0.05, 0) is 52.8 Å². The van der Waals surface area contributed by atoms with Gasteiger partial charge >= 0.3 is 0 Å². The number of hydrogen-bond acceptors (Lipinski definition) is 3. The molecule has 0 saturated heterocycles. The first kappa shape index (κ1) is 19.1. The van der Waals surface area contributed by atoms with E-state index in [0.29, 0.717) is 40.1 Å². The first-order valence-corrected chi connectivity index (χ1v) is 8.94. The van der Waals surface area contributed by atoms with Crippen LogP contribution in [0, 0.1) is 3.57 Å². The van der Waals surface area contributed by atoms with Gasteiger partial charge in [-0.3, -0.25) is 4.79 Å². The Morgan fingerprint density at radius 1 is 1.17 bits per heavy atom. The Balaban J connectivity index is 2.06. The number of hydrogen-bond donors (Lipinski definition) is 1. The van der Waals surface area contributed by atoms with E-state index in [1.54, 1.807) is 25.3 Å². The molecule has 0 bridgehead atoms. The first-order chi connectivity index (χ1) is 11.5. The molecule has 0 unspecified atom stereocenters. The quantitative estimate of drug-likeness (QED) is 0.616. The second-order valence-corrected chi connectivity index (χ2v) is 6.85. The predicted octanol–water partition coefficient (Wildman–Crippen LogP) is 4.59. The maximum absolute atomic E-state index is 12.4.